The second-order valence-corrected chi connectivity index (χ2v) is 6.19. The quantitative estimate of drug-likeness (QED) is 0.575. The summed E-state index contributed by atoms with van der Waals surface area (Å²) in [5.74, 6) is 0.0483. The number of nitrogens with one attached hydrogen (secondary N) is 2. The molecule has 3 N–H and O–H groups in total. The van der Waals surface area contributed by atoms with Crippen molar-refractivity contribution in [3.8, 4) is 0 Å². The summed E-state index contributed by atoms with van der Waals surface area (Å²) in [5, 5.41) is 15.4. The molecule has 0 fully saturated rings. The first-order valence-electron chi connectivity index (χ1n) is 7.49. The van der Waals surface area contributed by atoms with Crippen LogP contribution in [0.3, 0.4) is 0 Å². The molecule has 0 aliphatic carbocycles. The summed E-state index contributed by atoms with van der Waals surface area (Å²) in [4.78, 5) is 19.9. The third kappa shape index (κ3) is 4.33. The Labute approximate surface area is 153 Å². The largest absolute Gasteiger partial charge is 0.478 e. The van der Waals surface area contributed by atoms with E-state index in [1.54, 1.807) is 30.3 Å². The van der Waals surface area contributed by atoms with Gasteiger partial charge < -0.3 is 15.7 Å². The van der Waals surface area contributed by atoms with Gasteiger partial charge >= 0.3 is 5.97 Å². The van der Waals surface area contributed by atoms with Crippen LogP contribution in [-0.2, 0) is 0 Å². The molecule has 0 radical (unpaired) electrons. The maximum absolute atomic E-state index is 11.1. The van der Waals surface area contributed by atoms with Gasteiger partial charge in [-0.25, -0.2) is 9.78 Å². The number of halogens is 1. The Kier molecular flexibility index (Phi) is 4.95. The number of nitrogens with zero attached hydrogens (tertiary/aromatic N) is 2. The first-order chi connectivity index (χ1) is 12.0. The highest BCUT2D eigenvalue weighted by atomic mass is 79.9. The molecule has 0 spiro atoms. The number of carboxylic acids is 1. The Bertz CT molecular complexity index is 930. The Morgan fingerprint density at radius 1 is 1.04 bits per heavy atom. The number of hydrogen-bond acceptors (Lipinski definition) is 5. The molecule has 3 rings (SSSR count). The van der Waals surface area contributed by atoms with Gasteiger partial charge in [0.1, 0.15) is 5.82 Å². The normalized spacial score (nSPS) is 10.3. The van der Waals surface area contributed by atoms with E-state index in [-0.39, 0.29) is 5.56 Å². The number of rotatable bonds is 5. The van der Waals surface area contributed by atoms with Crippen molar-refractivity contribution >= 4 is 45.0 Å². The van der Waals surface area contributed by atoms with E-state index in [1.807, 2.05) is 31.2 Å². The number of carbonyl (C=O) groups is 1. The van der Waals surface area contributed by atoms with Crippen LogP contribution in [0, 0.1) is 6.92 Å². The van der Waals surface area contributed by atoms with Crippen molar-refractivity contribution in [2.45, 2.75) is 6.92 Å². The molecule has 25 heavy (non-hydrogen) atoms. The Hall–Kier alpha value is -2.93. The number of anilines is 4. The van der Waals surface area contributed by atoms with Crippen LogP contribution in [0.4, 0.5) is 23.1 Å². The number of aromatic carboxylic acids is 1. The first-order valence-corrected chi connectivity index (χ1v) is 8.28. The fraction of sp³-hybridized carbons (Fsp3) is 0.0556. The predicted octanol–water partition coefficient (Wildman–Crippen LogP) is 4.73. The minimum Gasteiger partial charge on any atom is -0.478 e. The van der Waals surface area contributed by atoms with Crippen molar-refractivity contribution < 1.29 is 9.90 Å². The van der Waals surface area contributed by atoms with Crippen LogP contribution < -0.4 is 10.6 Å². The zero-order valence-corrected chi connectivity index (χ0v) is 14.9. The maximum atomic E-state index is 11.1. The molecule has 0 aliphatic heterocycles. The van der Waals surface area contributed by atoms with Crippen LogP contribution in [0.15, 0.2) is 59.1 Å². The van der Waals surface area contributed by atoms with Crippen molar-refractivity contribution in [2.24, 2.45) is 0 Å². The number of aromatic nitrogens is 2. The molecule has 7 heteroatoms. The van der Waals surface area contributed by atoms with E-state index >= 15 is 0 Å². The van der Waals surface area contributed by atoms with E-state index in [0.717, 1.165) is 15.9 Å². The van der Waals surface area contributed by atoms with Crippen LogP contribution >= 0.6 is 15.9 Å². The van der Waals surface area contributed by atoms with Crippen LogP contribution in [0.5, 0.6) is 0 Å². The van der Waals surface area contributed by atoms with E-state index < -0.39 is 5.97 Å². The monoisotopic (exact) mass is 398 g/mol. The highest BCUT2D eigenvalue weighted by Crippen LogP contribution is 2.25. The lowest BCUT2D eigenvalue weighted by atomic mass is 10.2. The third-order valence-electron chi connectivity index (χ3n) is 3.36. The second kappa shape index (κ2) is 7.31. The maximum Gasteiger partial charge on any atom is 0.335 e. The molecule has 1 heterocycles. The number of para-hydroxylation sites is 1. The summed E-state index contributed by atoms with van der Waals surface area (Å²) in [6.45, 7) is 1.87. The summed E-state index contributed by atoms with van der Waals surface area (Å²) < 4.78 is 0.906. The summed E-state index contributed by atoms with van der Waals surface area (Å²) in [6, 6.07) is 16.0. The average Bonchev–Trinajstić information content (AvgIpc) is 2.57. The highest BCUT2D eigenvalue weighted by molar-refractivity contribution is 9.10. The summed E-state index contributed by atoms with van der Waals surface area (Å²) >= 11 is 3.48. The van der Waals surface area contributed by atoms with Gasteiger partial charge in [-0.15, -0.1) is 0 Å². The molecule has 0 unspecified atom stereocenters. The standard InChI is InChI=1S/C18H15BrN4O2/c1-11-9-16(21-13-6-4-5-12(10-13)17(24)25)23-18(20-11)22-15-8-3-2-7-14(15)19/h2-10H,1H3,(H,24,25)(H2,20,21,22,23). The van der Waals surface area contributed by atoms with Gasteiger partial charge in [0, 0.05) is 21.9 Å². The molecule has 6 nitrogen and oxygen atoms in total. The molecular weight excluding hydrogens is 384 g/mol. The number of hydrogen-bond donors (Lipinski definition) is 3. The van der Waals surface area contributed by atoms with Crippen LogP contribution in [0.25, 0.3) is 0 Å². The third-order valence-corrected chi connectivity index (χ3v) is 4.05. The minimum atomic E-state index is -0.973. The van der Waals surface area contributed by atoms with Crippen LogP contribution in [0.2, 0.25) is 0 Å². The fourth-order valence-electron chi connectivity index (χ4n) is 2.25. The van der Waals surface area contributed by atoms with Gasteiger partial charge in [-0.2, -0.15) is 4.98 Å². The molecular formula is C18H15BrN4O2. The molecule has 0 saturated heterocycles. The van der Waals surface area contributed by atoms with E-state index in [4.69, 9.17) is 5.11 Å². The van der Waals surface area contributed by atoms with E-state index in [2.05, 4.69) is 36.5 Å². The molecule has 1 aromatic heterocycles. The number of aryl methyl sites for hydroxylation is 1. The van der Waals surface area contributed by atoms with Gasteiger partial charge in [0.25, 0.3) is 0 Å². The Morgan fingerprint density at radius 2 is 1.84 bits per heavy atom. The van der Waals surface area contributed by atoms with Crippen molar-refractivity contribution in [1.82, 2.24) is 9.97 Å². The summed E-state index contributed by atoms with van der Waals surface area (Å²) in [5.41, 5.74) is 2.49. The van der Waals surface area contributed by atoms with Crippen molar-refractivity contribution in [3.63, 3.8) is 0 Å². The summed E-state index contributed by atoms with van der Waals surface area (Å²) in [7, 11) is 0. The SMILES string of the molecule is Cc1cc(Nc2cccc(C(=O)O)c2)nc(Nc2ccccc2Br)n1. The molecule has 126 valence electrons. The van der Waals surface area contributed by atoms with Gasteiger partial charge in [-0.1, -0.05) is 18.2 Å². The van der Waals surface area contributed by atoms with Crippen molar-refractivity contribution in [3.05, 3.63) is 70.3 Å². The lowest BCUT2D eigenvalue weighted by Crippen LogP contribution is -2.03. The molecule has 0 aliphatic rings. The average molecular weight is 399 g/mol. The molecule has 0 saturated carbocycles. The van der Waals surface area contributed by atoms with Crippen LogP contribution in [0.1, 0.15) is 16.1 Å². The summed E-state index contributed by atoms with van der Waals surface area (Å²) in [6.07, 6.45) is 0. The van der Waals surface area contributed by atoms with Gasteiger partial charge in [0.05, 0.1) is 11.3 Å². The van der Waals surface area contributed by atoms with Crippen molar-refractivity contribution in [1.29, 1.82) is 0 Å². The van der Waals surface area contributed by atoms with Gasteiger partial charge in [-0.05, 0) is 53.2 Å². The Morgan fingerprint density at radius 3 is 2.60 bits per heavy atom. The Balaban J connectivity index is 1.86. The molecule has 0 atom stereocenters. The zero-order valence-electron chi connectivity index (χ0n) is 13.3. The first kappa shape index (κ1) is 16.9. The minimum absolute atomic E-state index is 0.211. The topological polar surface area (TPSA) is 87.1 Å². The van der Waals surface area contributed by atoms with E-state index in [0.29, 0.717) is 17.5 Å². The number of carboxylic acid groups (broad SMARTS) is 1. The zero-order chi connectivity index (χ0) is 17.8. The van der Waals surface area contributed by atoms with E-state index in [9.17, 15) is 4.79 Å². The van der Waals surface area contributed by atoms with Gasteiger partial charge in [-0.3, -0.25) is 0 Å². The fourth-order valence-corrected chi connectivity index (χ4v) is 2.63. The predicted molar refractivity (Wildman–Crippen MR) is 101 cm³/mol. The van der Waals surface area contributed by atoms with Crippen LogP contribution in [-0.4, -0.2) is 21.0 Å². The lowest BCUT2D eigenvalue weighted by Gasteiger charge is -2.11. The molecule has 3 aromatic rings. The van der Waals surface area contributed by atoms with Crippen molar-refractivity contribution in [2.75, 3.05) is 10.6 Å². The number of benzene rings is 2. The molecule has 0 amide bonds. The second-order valence-electron chi connectivity index (χ2n) is 5.33. The highest BCUT2D eigenvalue weighted by Gasteiger charge is 2.07. The van der Waals surface area contributed by atoms with Gasteiger partial charge in [0.15, 0.2) is 0 Å². The lowest BCUT2D eigenvalue weighted by molar-refractivity contribution is 0.0697. The smallest absolute Gasteiger partial charge is 0.335 e. The molecule has 0 bridgehead atoms. The van der Waals surface area contributed by atoms with Gasteiger partial charge in [0.2, 0.25) is 5.95 Å². The molecule has 2 aromatic carbocycles. The van der Waals surface area contributed by atoms with E-state index in [1.165, 1.54) is 0 Å².